The highest BCUT2D eigenvalue weighted by atomic mass is 35.5. The summed E-state index contributed by atoms with van der Waals surface area (Å²) in [5, 5.41) is 4.14. The summed E-state index contributed by atoms with van der Waals surface area (Å²) in [4.78, 5) is 12.7. The summed E-state index contributed by atoms with van der Waals surface area (Å²) in [5.74, 6) is 0.495. The molecule has 1 unspecified atom stereocenters. The molecule has 0 aliphatic heterocycles. The van der Waals surface area contributed by atoms with Gasteiger partial charge in [0.1, 0.15) is 6.04 Å². The molecule has 0 bridgehead atoms. The molecule has 1 saturated carbocycles. The molecule has 0 spiro atoms. The van der Waals surface area contributed by atoms with Crippen LogP contribution in [0.2, 0.25) is 10.0 Å². The molecular weight excluding hydrogens is 427 g/mol. The number of benzene rings is 1. The van der Waals surface area contributed by atoms with E-state index < -0.39 is 16.1 Å². The molecule has 1 N–H and O–H groups in total. The third kappa shape index (κ3) is 6.44. The molecule has 1 aliphatic carbocycles. The molecule has 1 aliphatic rings. The lowest BCUT2D eigenvalue weighted by molar-refractivity contribution is -0.122. The zero-order chi connectivity index (χ0) is 20.0. The quantitative estimate of drug-likeness (QED) is 0.566. The van der Waals surface area contributed by atoms with E-state index in [1.54, 1.807) is 13.0 Å². The van der Waals surface area contributed by atoms with E-state index >= 15 is 0 Å². The second-order valence-corrected chi connectivity index (χ2v) is 10.8. The number of nitrogens with zero attached hydrogens (tertiary/aromatic N) is 1. The normalized spacial score (nSPS) is 16.3. The van der Waals surface area contributed by atoms with Crippen molar-refractivity contribution in [3.05, 3.63) is 28.2 Å². The molecule has 27 heavy (non-hydrogen) atoms. The van der Waals surface area contributed by atoms with Crippen molar-refractivity contribution in [2.75, 3.05) is 22.9 Å². The first-order valence-corrected chi connectivity index (χ1v) is 12.7. The second kappa shape index (κ2) is 10.2. The largest absolute Gasteiger partial charge is 0.353 e. The predicted molar refractivity (Wildman–Crippen MR) is 116 cm³/mol. The summed E-state index contributed by atoms with van der Waals surface area (Å²) < 4.78 is 26.0. The average Bonchev–Trinajstić information content (AvgIpc) is 3.11. The van der Waals surface area contributed by atoms with Crippen LogP contribution in [0.3, 0.4) is 0 Å². The highest BCUT2D eigenvalue weighted by Crippen LogP contribution is 2.33. The first-order valence-electron chi connectivity index (χ1n) is 9.07. The number of carbonyl (C=O) groups excluding carboxylic acids is 1. The number of hydrogen-bond donors (Lipinski definition) is 1. The van der Waals surface area contributed by atoms with Gasteiger partial charge in [0.25, 0.3) is 0 Å². The van der Waals surface area contributed by atoms with Crippen molar-refractivity contribution in [2.45, 2.75) is 50.3 Å². The molecule has 1 amide bonds. The zero-order valence-corrected chi connectivity index (χ0v) is 18.7. The molecule has 0 heterocycles. The Morgan fingerprint density at radius 3 is 2.59 bits per heavy atom. The molecule has 1 aromatic carbocycles. The van der Waals surface area contributed by atoms with Crippen molar-refractivity contribution >= 4 is 56.6 Å². The molecule has 152 valence electrons. The van der Waals surface area contributed by atoms with Gasteiger partial charge in [-0.1, -0.05) is 43.0 Å². The van der Waals surface area contributed by atoms with E-state index in [1.165, 1.54) is 37.8 Å². The van der Waals surface area contributed by atoms with Gasteiger partial charge in [0, 0.05) is 22.6 Å². The summed E-state index contributed by atoms with van der Waals surface area (Å²) in [6, 6.07) is 3.69. The van der Waals surface area contributed by atoms with E-state index in [0.717, 1.165) is 16.3 Å². The molecule has 0 saturated heterocycles. The lowest BCUT2D eigenvalue weighted by Crippen LogP contribution is -2.49. The topological polar surface area (TPSA) is 66.5 Å². The highest BCUT2D eigenvalue weighted by Gasteiger charge is 2.32. The van der Waals surface area contributed by atoms with Crippen LogP contribution in [0.25, 0.3) is 0 Å². The van der Waals surface area contributed by atoms with E-state index in [0.29, 0.717) is 23.2 Å². The lowest BCUT2D eigenvalue weighted by atomic mass is 10.2. The summed E-state index contributed by atoms with van der Waals surface area (Å²) in [6.07, 6.45) is 6.43. The Bertz CT molecular complexity index is 753. The number of sulfonamides is 1. The van der Waals surface area contributed by atoms with Crippen molar-refractivity contribution in [3.63, 3.8) is 0 Å². The van der Waals surface area contributed by atoms with Crippen LogP contribution in [0.1, 0.15) is 39.0 Å². The summed E-state index contributed by atoms with van der Waals surface area (Å²) in [7, 11) is -3.73. The second-order valence-electron chi connectivity index (χ2n) is 6.65. The van der Waals surface area contributed by atoms with Crippen molar-refractivity contribution in [2.24, 2.45) is 0 Å². The number of anilines is 1. The van der Waals surface area contributed by atoms with Crippen LogP contribution in [0.4, 0.5) is 5.69 Å². The van der Waals surface area contributed by atoms with E-state index in [1.807, 2.05) is 11.8 Å². The molecule has 9 heteroatoms. The Morgan fingerprint density at radius 2 is 2.00 bits per heavy atom. The number of rotatable bonds is 9. The molecule has 5 nitrogen and oxygen atoms in total. The Kier molecular flexibility index (Phi) is 8.59. The number of carbonyl (C=O) groups is 1. The van der Waals surface area contributed by atoms with Crippen molar-refractivity contribution in [1.82, 2.24) is 5.32 Å². The first kappa shape index (κ1) is 22.7. The van der Waals surface area contributed by atoms with Crippen molar-refractivity contribution in [1.29, 1.82) is 0 Å². The molecule has 0 radical (unpaired) electrons. The van der Waals surface area contributed by atoms with Crippen LogP contribution in [-0.4, -0.2) is 44.2 Å². The van der Waals surface area contributed by atoms with Crippen LogP contribution in [0.5, 0.6) is 0 Å². The van der Waals surface area contributed by atoms with Crippen LogP contribution >= 0.6 is 35.0 Å². The van der Waals surface area contributed by atoms with E-state index in [-0.39, 0.29) is 16.6 Å². The smallest absolute Gasteiger partial charge is 0.243 e. The minimum Gasteiger partial charge on any atom is -0.353 e. The zero-order valence-electron chi connectivity index (χ0n) is 15.6. The van der Waals surface area contributed by atoms with E-state index in [4.69, 9.17) is 23.2 Å². The predicted octanol–water partition coefficient (Wildman–Crippen LogP) is 4.33. The maximum absolute atomic E-state index is 12.7. The minimum atomic E-state index is -3.73. The fraction of sp³-hybridized carbons (Fsp3) is 0.611. The standard InChI is InChI=1S/C18H26Cl2N2O3S2/c1-3-16(18(23)21-10-11-26-14-6-4-5-7-14)22(27(2,24)25)17-12-13(19)8-9-15(17)20/h8-9,12,14,16H,3-7,10-11H2,1-2H3,(H,21,23). The van der Waals surface area contributed by atoms with Crippen molar-refractivity contribution < 1.29 is 13.2 Å². The van der Waals surface area contributed by atoms with Gasteiger partial charge in [-0.2, -0.15) is 11.8 Å². The van der Waals surface area contributed by atoms with Gasteiger partial charge in [0.05, 0.1) is 17.0 Å². The van der Waals surface area contributed by atoms with Crippen LogP contribution in [0, 0.1) is 0 Å². The van der Waals surface area contributed by atoms with Gasteiger partial charge in [-0.3, -0.25) is 9.10 Å². The highest BCUT2D eigenvalue weighted by molar-refractivity contribution is 7.99. The minimum absolute atomic E-state index is 0.217. The first-order chi connectivity index (χ1) is 12.7. The van der Waals surface area contributed by atoms with Crippen LogP contribution in [-0.2, 0) is 14.8 Å². The van der Waals surface area contributed by atoms with E-state index in [9.17, 15) is 13.2 Å². The fourth-order valence-electron chi connectivity index (χ4n) is 3.26. The van der Waals surface area contributed by atoms with Gasteiger partial charge in [-0.25, -0.2) is 8.42 Å². The number of halogens is 2. The molecule has 1 aromatic rings. The Hall–Kier alpha value is -0.630. The van der Waals surface area contributed by atoms with Crippen molar-refractivity contribution in [3.8, 4) is 0 Å². The SMILES string of the molecule is CCC(C(=O)NCCSC1CCCC1)N(c1cc(Cl)ccc1Cl)S(C)(=O)=O. The Morgan fingerprint density at radius 1 is 1.33 bits per heavy atom. The number of nitrogens with one attached hydrogen (secondary N) is 1. The summed E-state index contributed by atoms with van der Waals surface area (Å²) in [6.45, 7) is 2.28. The van der Waals surface area contributed by atoms with Gasteiger partial charge in [0.15, 0.2) is 0 Å². The number of thioether (sulfide) groups is 1. The Labute approximate surface area is 176 Å². The van der Waals surface area contributed by atoms with Gasteiger partial charge >= 0.3 is 0 Å². The lowest BCUT2D eigenvalue weighted by Gasteiger charge is -2.30. The number of hydrogen-bond acceptors (Lipinski definition) is 4. The summed E-state index contributed by atoms with van der Waals surface area (Å²) >= 11 is 14.1. The monoisotopic (exact) mass is 452 g/mol. The summed E-state index contributed by atoms with van der Waals surface area (Å²) in [5.41, 5.74) is 0.217. The Balaban J connectivity index is 2.09. The molecule has 1 fully saturated rings. The average molecular weight is 453 g/mol. The fourth-order valence-corrected chi connectivity index (χ4v) is 6.12. The maximum atomic E-state index is 12.7. The van der Waals surface area contributed by atoms with Gasteiger partial charge < -0.3 is 5.32 Å². The third-order valence-corrected chi connectivity index (χ3v) is 7.64. The van der Waals surface area contributed by atoms with Crippen LogP contribution in [0.15, 0.2) is 18.2 Å². The van der Waals surface area contributed by atoms with E-state index in [2.05, 4.69) is 5.32 Å². The number of amides is 1. The van der Waals surface area contributed by atoms with Gasteiger partial charge in [-0.15, -0.1) is 0 Å². The van der Waals surface area contributed by atoms with Crippen LogP contribution < -0.4 is 9.62 Å². The maximum Gasteiger partial charge on any atom is 0.243 e. The molecule has 0 aromatic heterocycles. The molecule has 1 atom stereocenters. The molecular formula is C18H26Cl2N2O3S2. The third-order valence-electron chi connectivity index (χ3n) is 4.53. The van der Waals surface area contributed by atoms with Gasteiger partial charge in [0.2, 0.25) is 15.9 Å². The van der Waals surface area contributed by atoms with Gasteiger partial charge in [-0.05, 0) is 37.5 Å². The molecule has 2 rings (SSSR count).